The fourth-order valence-electron chi connectivity index (χ4n) is 1.35. The third kappa shape index (κ3) is 3.08. The van der Waals surface area contributed by atoms with E-state index >= 15 is 0 Å². The van der Waals surface area contributed by atoms with Gasteiger partial charge in [0.1, 0.15) is 0 Å². The fourth-order valence-corrected chi connectivity index (χ4v) is 1.35. The first kappa shape index (κ1) is 11.8. The number of nitrogens with zero attached hydrogens (tertiary/aromatic N) is 2. The van der Waals surface area contributed by atoms with Gasteiger partial charge in [0.05, 0.1) is 24.8 Å². The van der Waals surface area contributed by atoms with Crippen molar-refractivity contribution in [3.05, 3.63) is 18.0 Å². The Bertz CT molecular complexity index is 342. The van der Waals surface area contributed by atoms with E-state index in [1.54, 1.807) is 10.9 Å². The van der Waals surface area contributed by atoms with Gasteiger partial charge in [0, 0.05) is 6.20 Å². The summed E-state index contributed by atoms with van der Waals surface area (Å²) >= 11 is 0. The molecular weight excluding hydrogens is 192 g/mol. The predicted molar refractivity (Wildman–Crippen MR) is 57.4 cm³/mol. The molecule has 15 heavy (non-hydrogen) atoms. The summed E-state index contributed by atoms with van der Waals surface area (Å²) in [6.07, 6.45) is 3.70. The van der Waals surface area contributed by atoms with E-state index in [2.05, 4.69) is 5.10 Å². The van der Waals surface area contributed by atoms with Gasteiger partial charge in [0.25, 0.3) is 0 Å². The maximum absolute atomic E-state index is 11.6. The van der Waals surface area contributed by atoms with E-state index in [4.69, 9.17) is 4.74 Å². The summed E-state index contributed by atoms with van der Waals surface area (Å²) in [7, 11) is 0. The Morgan fingerprint density at radius 2 is 2.27 bits per heavy atom. The molecule has 1 aromatic heterocycles. The van der Waals surface area contributed by atoms with Crippen LogP contribution >= 0.6 is 0 Å². The van der Waals surface area contributed by atoms with E-state index in [9.17, 15) is 4.79 Å². The third-order valence-corrected chi connectivity index (χ3v) is 2.15. The molecule has 0 atom stereocenters. The highest BCUT2D eigenvalue weighted by molar-refractivity contribution is 5.75. The summed E-state index contributed by atoms with van der Waals surface area (Å²) in [6, 6.07) is 0. The van der Waals surface area contributed by atoms with Crippen molar-refractivity contribution >= 4 is 5.97 Å². The van der Waals surface area contributed by atoms with Gasteiger partial charge in [0.2, 0.25) is 0 Å². The number of carbonyl (C=O) groups excluding carboxylic acids is 1. The minimum atomic E-state index is -0.533. The second-order valence-electron chi connectivity index (χ2n) is 4.32. The van der Waals surface area contributed by atoms with Gasteiger partial charge in [-0.2, -0.15) is 5.10 Å². The average Bonchev–Trinajstić information content (AvgIpc) is 2.50. The zero-order valence-electron chi connectivity index (χ0n) is 9.78. The molecule has 0 aliphatic carbocycles. The summed E-state index contributed by atoms with van der Waals surface area (Å²) in [5.74, 6) is -0.182. The lowest BCUT2D eigenvalue weighted by Crippen LogP contribution is -2.31. The number of aromatic nitrogens is 2. The first-order valence-corrected chi connectivity index (χ1v) is 5.12. The molecule has 0 fully saturated rings. The minimum Gasteiger partial charge on any atom is -0.466 e. The predicted octanol–water partition coefficient (Wildman–Crippen LogP) is 1.78. The SMILES string of the molecule is CCOC(=O)C(C)(C)Cn1cc(C)cn1. The van der Waals surface area contributed by atoms with Crippen molar-refractivity contribution in [2.75, 3.05) is 6.61 Å². The normalized spacial score (nSPS) is 11.5. The van der Waals surface area contributed by atoms with Crippen molar-refractivity contribution in [2.24, 2.45) is 5.41 Å². The Kier molecular flexibility index (Phi) is 3.50. The van der Waals surface area contributed by atoms with Crippen LogP contribution in [0.2, 0.25) is 0 Å². The molecule has 1 rings (SSSR count). The zero-order valence-corrected chi connectivity index (χ0v) is 9.78. The van der Waals surface area contributed by atoms with Crippen LogP contribution in [-0.4, -0.2) is 22.4 Å². The second-order valence-corrected chi connectivity index (χ2v) is 4.32. The van der Waals surface area contributed by atoms with Gasteiger partial charge in [0.15, 0.2) is 0 Å². The first-order valence-electron chi connectivity index (χ1n) is 5.12. The number of esters is 1. The molecule has 0 amide bonds. The number of rotatable bonds is 4. The Balaban J connectivity index is 2.67. The average molecular weight is 210 g/mol. The smallest absolute Gasteiger partial charge is 0.313 e. The van der Waals surface area contributed by atoms with Crippen LogP contribution in [0.4, 0.5) is 0 Å². The Morgan fingerprint density at radius 3 is 2.73 bits per heavy atom. The maximum atomic E-state index is 11.6. The van der Waals surface area contributed by atoms with Crippen LogP contribution in [0, 0.1) is 12.3 Å². The van der Waals surface area contributed by atoms with Crippen molar-refractivity contribution in [3.63, 3.8) is 0 Å². The minimum absolute atomic E-state index is 0.182. The molecule has 0 N–H and O–H groups in total. The van der Waals surface area contributed by atoms with Gasteiger partial charge in [-0.25, -0.2) is 0 Å². The number of hydrogen-bond donors (Lipinski definition) is 0. The van der Waals surface area contributed by atoms with E-state index in [1.165, 1.54) is 0 Å². The monoisotopic (exact) mass is 210 g/mol. The molecule has 0 saturated heterocycles. The van der Waals surface area contributed by atoms with Gasteiger partial charge < -0.3 is 4.74 Å². The van der Waals surface area contributed by atoms with Crippen LogP contribution in [0.3, 0.4) is 0 Å². The lowest BCUT2D eigenvalue weighted by Gasteiger charge is -2.21. The molecule has 4 heteroatoms. The lowest BCUT2D eigenvalue weighted by molar-refractivity contribution is -0.154. The van der Waals surface area contributed by atoms with Crippen LogP contribution < -0.4 is 0 Å². The molecule has 1 heterocycles. The standard InChI is InChI=1S/C11H18N2O2/c1-5-15-10(14)11(3,4)8-13-7-9(2)6-12-13/h6-7H,5,8H2,1-4H3. The zero-order chi connectivity index (χ0) is 11.5. The molecule has 0 saturated carbocycles. The van der Waals surface area contributed by atoms with Gasteiger partial charge in [-0.3, -0.25) is 9.48 Å². The molecule has 0 unspecified atom stereocenters. The van der Waals surface area contributed by atoms with Crippen molar-refractivity contribution in [1.82, 2.24) is 9.78 Å². The molecule has 0 bridgehead atoms. The van der Waals surface area contributed by atoms with E-state index in [0.717, 1.165) is 5.56 Å². The van der Waals surface area contributed by atoms with Gasteiger partial charge >= 0.3 is 5.97 Å². The summed E-state index contributed by atoms with van der Waals surface area (Å²) in [5.41, 5.74) is 0.559. The Labute approximate surface area is 90.2 Å². The van der Waals surface area contributed by atoms with Crippen LogP contribution in [0.25, 0.3) is 0 Å². The van der Waals surface area contributed by atoms with Crippen LogP contribution in [-0.2, 0) is 16.1 Å². The molecule has 84 valence electrons. The molecule has 4 nitrogen and oxygen atoms in total. The molecule has 0 radical (unpaired) electrons. The maximum Gasteiger partial charge on any atom is 0.313 e. The third-order valence-electron chi connectivity index (χ3n) is 2.15. The molecule has 1 aromatic rings. The Morgan fingerprint density at radius 1 is 1.60 bits per heavy atom. The molecule has 0 aliphatic rings. The Hall–Kier alpha value is -1.32. The summed E-state index contributed by atoms with van der Waals surface area (Å²) in [4.78, 5) is 11.6. The van der Waals surface area contributed by atoms with Crippen LogP contribution in [0.15, 0.2) is 12.4 Å². The number of carbonyl (C=O) groups is 1. The summed E-state index contributed by atoms with van der Waals surface area (Å²) in [6.45, 7) is 8.47. The van der Waals surface area contributed by atoms with Crippen molar-refractivity contribution in [2.45, 2.75) is 34.2 Å². The van der Waals surface area contributed by atoms with E-state index < -0.39 is 5.41 Å². The second kappa shape index (κ2) is 4.47. The largest absolute Gasteiger partial charge is 0.466 e. The molecule has 0 aliphatic heterocycles. The van der Waals surface area contributed by atoms with Crippen molar-refractivity contribution in [1.29, 1.82) is 0 Å². The van der Waals surface area contributed by atoms with Crippen LogP contribution in [0.1, 0.15) is 26.3 Å². The molecular formula is C11H18N2O2. The van der Waals surface area contributed by atoms with Crippen molar-refractivity contribution in [3.8, 4) is 0 Å². The summed E-state index contributed by atoms with van der Waals surface area (Å²) in [5, 5.41) is 4.15. The highest BCUT2D eigenvalue weighted by Crippen LogP contribution is 2.19. The molecule has 0 aromatic carbocycles. The topological polar surface area (TPSA) is 44.1 Å². The van der Waals surface area contributed by atoms with Gasteiger partial charge in [-0.05, 0) is 33.3 Å². The van der Waals surface area contributed by atoms with E-state index in [1.807, 2.05) is 33.9 Å². The van der Waals surface area contributed by atoms with Crippen LogP contribution in [0.5, 0.6) is 0 Å². The number of hydrogen-bond acceptors (Lipinski definition) is 3. The fraction of sp³-hybridized carbons (Fsp3) is 0.636. The quantitative estimate of drug-likeness (QED) is 0.711. The lowest BCUT2D eigenvalue weighted by atomic mass is 9.94. The number of ether oxygens (including phenoxy) is 1. The van der Waals surface area contributed by atoms with E-state index in [-0.39, 0.29) is 5.97 Å². The highest BCUT2D eigenvalue weighted by Gasteiger charge is 2.29. The van der Waals surface area contributed by atoms with Crippen molar-refractivity contribution < 1.29 is 9.53 Å². The highest BCUT2D eigenvalue weighted by atomic mass is 16.5. The van der Waals surface area contributed by atoms with Gasteiger partial charge in [-0.1, -0.05) is 0 Å². The number of aryl methyl sites for hydroxylation is 1. The summed E-state index contributed by atoms with van der Waals surface area (Å²) < 4.78 is 6.78. The van der Waals surface area contributed by atoms with Gasteiger partial charge in [-0.15, -0.1) is 0 Å². The molecule has 0 spiro atoms. The first-order chi connectivity index (χ1) is 6.95. The van der Waals surface area contributed by atoms with E-state index in [0.29, 0.717) is 13.2 Å².